The Morgan fingerprint density at radius 3 is 2.52 bits per heavy atom. The number of carbonyl (C=O) groups is 1. The van der Waals surface area contributed by atoms with Crippen LogP contribution < -0.4 is 9.47 Å². The van der Waals surface area contributed by atoms with E-state index >= 15 is 0 Å². The van der Waals surface area contributed by atoms with Crippen molar-refractivity contribution in [1.82, 2.24) is 0 Å². The number of ether oxygens (including phenoxy) is 2. The summed E-state index contributed by atoms with van der Waals surface area (Å²) in [5.41, 5.74) is 5.60. The number of hydrogen-bond acceptors (Lipinski definition) is 3. The molecule has 27 heavy (non-hydrogen) atoms. The second-order valence-electron chi connectivity index (χ2n) is 8.01. The molecule has 0 saturated heterocycles. The summed E-state index contributed by atoms with van der Waals surface area (Å²) in [6.07, 6.45) is 4.62. The Labute approximate surface area is 162 Å². The van der Waals surface area contributed by atoms with Crippen LogP contribution in [0.15, 0.2) is 24.3 Å². The quantitative estimate of drug-likeness (QED) is 0.449. The van der Waals surface area contributed by atoms with Crippen molar-refractivity contribution in [3.63, 3.8) is 0 Å². The van der Waals surface area contributed by atoms with Gasteiger partial charge in [0.1, 0.15) is 17.1 Å². The molecule has 0 amide bonds. The number of benzene rings is 2. The van der Waals surface area contributed by atoms with Crippen LogP contribution in [-0.4, -0.2) is 12.9 Å². The van der Waals surface area contributed by atoms with E-state index in [0.717, 1.165) is 45.7 Å². The van der Waals surface area contributed by atoms with Crippen LogP contribution in [0.25, 0.3) is 11.1 Å². The predicted octanol–water partition coefficient (Wildman–Crippen LogP) is 6.23. The van der Waals surface area contributed by atoms with Crippen LogP contribution in [0.3, 0.4) is 0 Å². The molecule has 1 aliphatic heterocycles. The SMILES string of the molecule is CCCCCc1cc(OC)c2c(c1)OC(C)(C)c1cc(C(C)=O)c(C)cc1-2. The Bertz CT molecular complexity index is 878. The van der Waals surface area contributed by atoms with E-state index in [9.17, 15) is 4.79 Å². The lowest BCUT2D eigenvalue weighted by Gasteiger charge is -2.36. The number of rotatable bonds is 6. The maximum Gasteiger partial charge on any atom is 0.160 e. The summed E-state index contributed by atoms with van der Waals surface area (Å²) in [7, 11) is 1.71. The number of Topliss-reactive ketones (excluding diaryl/α,β-unsaturated/α-hetero) is 1. The monoisotopic (exact) mass is 366 g/mol. The van der Waals surface area contributed by atoms with Crippen molar-refractivity contribution >= 4 is 5.78 Å². The van der Waals surface area contributed by atoms with Gasteiger partial charge in [-0.3, -0.25) is 4.79 Å². The Hall–Kier alpha value is -2.29. The van der Waals surface area contributed by atoms with Gasteiger partial charge in [-0.1, -0.05) is 25.8 Å². The summed E-state index contributed by atoms with van der Waals surface area (Å²) in [6.45, 7) is 9.94. The highest BCUT2D eigenvalue weighted by molar-refractivity contribution is 5.97. The maximum atomic E-state index is 12.0. The summed E-state index contributed by atoms with van der Waals surface area (Å²) in [4.78, 5) is 12.0. The molecule has 3 nitrogen and oxygen atoms in total. The number of fused-ring (bicyclic) bond motifs is 3. The van der Waals surface area contributed by atoms with Gasteiger partial charge >= 0.3 is 0 Å². The van der Waals surface area contributed by atoms with Crippen LogP contribution in [-0.2, 0) is 12.0 Å². The molecule has 0 bridgehead atoms. The second kappa shape index (κ2) is 7.38. The maximum absolute atomic E-state index is 12.0. The number of hydrogen-bond donors (Lipinski definition) is 0. The van der Waals surface area contributed by atoms with E-state index in [4.69, 9.17) is 9.47 Å². The highest BCUT2D eigenvalue weighted by atomic mass is 16.5. The van der Waals surface area contributed by atoms with Gasteiger partial charge in [0.15, 0.2) is 5.78 Å². The van der Waals surface area contributed by atoms with Crippen molar-refractivity contribution < 1.29 is 14.3 Å². The van der Waals surface area contributed by atoms with Gasteiger partial charge in [0, 0.05) is 11.1 Å². The molecule has 0 aliphatic carbocycles. The minimum Gasteiger partial charge on any atom is -0.496 e. The summed E-state index contributed by atoms with van der Waals surface area (Å²) in [6, 6.07) is 8.39. The van der Waals surface area contributed by atoms with Gasteiger partial charge in [-0.2, -0.15) is 0 Å². The smallest absolute Gasteiger partial charge is 0.160 e. The fourth-order valence-corrected chi connectivity index (χ4v) is 4.00. The minimum atomic E-state index is -0.507. The van der Waals surface area contributed by atoms with Gasteiger partial charge in [0.2, 0.25) is 0 Å². The van der Waals surface area contributed by atoms with Crippen LogP contribution in [0.1, 0.15) is 74.0 Å². The number of unbranched alkanes of at least 4 members (excludes halogenated alkanes) is 2. The zero-order chi connectivity index (χ0) is 19.8. The third-order valence-electron chi connectivity index (χ3n) is 5.44. The van der Waals surface area contributed by atoms with E-state index < -0.39 is 5.60 Å². The van der Waals surface area contributed by atoms with Gasteiger partial charge in [-0.25, -0.2) is 0 Å². The van der Waals surface area contributed by atoms with Gasteiger partial charge in [-0.15, -0.1) is 0 Å². The number of carbonyl (C=O) groups excluding carboxylic acids is 1. The highest BCUT2D eigenvalue weighted by Crippen LogP contribution is 2.50. The molecule has 3 heteroatoms. The third-order valence-corrected chi connectivity index (χ3v) is 5.44. The molecule has 0 saturated carbocycles. The first-order valence-electron chi connectivity index (χ1n) is 9.84. The molecule has 0 fully saturated rings. The molecule has 2 aromatic carbocycles. The van der Waals surface area contributed by atoms with E-state index in [0.29, 0.717) is 0 Å². The first-order chi connectivity index (χ1) is 12.8. The minimum absolute atomic E-state index is 0.0788. The molecule has 1 heterocycles. The molecule has 0 spiro atoms. The lowest BCUT2D eigenvalue weighted by atomic mass is 9.82. The Balaban J connectivity index is 2.18. The molecule has 1 aliphatic rings. The molecular formula is C24H30O3. The lowest BCUT2D eigenvalue weighted by molar-refractivity contribution is 0.101. The molecule has 0 unspecified atom stereocenters. The summed E-state index contributed by atoms with van der Waals surface area (Å²) in [5, 5.41) is 0. The lowest BCUT2D eigenvalue weighted by Crippen LogP contribution is -2.30. The van der Waals surface area contributed by atoms with Gasteiger partial charge in [-0.05, 0) is 75.4 Å². The van der Waals surface area contributed by atoms with E-state index in [1.54, 1.807) is 14.0 Å². The second-order valence-corrected chi connectivity index (χ2v) is 8.01. The first-order valence-corrected chi connectivity index (χ1v) is 9.84. The van der Waals surface area contributed by atoms with Crippen molar-refractivity contribution in [3.8, 4) is 22.6 Å². The standard InChI is InChI=1S/C24H30O3/c1-7-8-9-10-17-12-21(26-6)23-19-11-15(2)18(16(3)25)14-20(19)24(4,5)27-22(23)13-17/h11-14H,7-10H2,1-6H3. The molecule has 0 atom stereocenters. The topological polar surface area (TPSA) is 35.5 Å². The molecule has 3 rings (SSSR count). The summed E-state index contributed by atoms with van der Waals surface area (Å²) < 4.78 is 12.2. The van der Waals surface area contributed by atoms with Crippen LogP contribution in [0, 0.1) is 6.92 Å². The van der Waals surface area contributed by atoms with Crippen LogP contribution >= 0.6 is 0 Å². The van der Waals surface area contributed by atoms with Crippen molar-refractivity contribution in [3.05, 3.63) is 46.5 Å². The molecule has 0 radical (unpaired) electrons. The Morgan fingerprint density at radius 1 is 1.15 bits per heavy atom. The summed E-state index contributed by atoms with van der Waals surface area (Å²) in [5.74, 6) is 1.79. The van der Waals surface area contributed by atoms with Crippen LogP contribution in [0.4, 0.5) is 0 Å². The third kappa shape index (κ3) is 3.60. The van der Waals surface area contributed by atoms with Crippen molar-refractivity contribution in [2.24, 2.45) is 0 Å². The van der Waals surface area contributed by atoms with Gasteiger partial charge in [0.25, 0.3) is 0 Å². The fraction of sp³-hybridized carbons (Fsp3) is 0.458. The van der Waals surface area contributed by atoms with Crippen molar-refractivity contribution in [1.29, 1.82) is 0 Å². The normalized spacial score (nSPS) is 14.1. The molecule has 0 N–H and O–H groups in total. The zero-order valence-electron chi connectivity index (χ0n) is 17.4. The van der Waals surface area contributed by atoms with E-state index in [-0.39, 0.29) is 5.78 Å². The van der Waals surface area contributed by atoms with E-state index in [1.165, 1.54) is 24.8 Å². The fourth-order valence-electron chi connectivity index (χ4n) is 4.00. The number of ketones is 1. The largest absolute Gasteiger partial charge is 0.496 e. The van der Waals surface area contributed by atoms with Gasteiger partial charge in [0.05, 0.1) is 12.7 Å². The highest BCUT2D eigenvalue weighted by Gasteiger charge is 2.35. The first kappa shape index (κ1) is 19.5. The summed E-state index contributed by atoms with van der Waals surface area (Å²) >= 11 is 0. The molecular weight excluding hydrogens is 336 g/mol. The zero-order valence-corrected chi connectivity index (χ0v) is 17.4. The van der Waals surface area contributed by atoms with Crippen LogP contribution in [0.5, 0.6) is 11.5 Å². The average Bonchev–Trinajstić information content (AvgIpc) is 2.59. The Kier molecular flexibility index (Phi) is 5.32. The molecule has 0 aromatic heterocycles. The number of methoxy groups -OCH3 is 1. The van der Waals surface area contributed by atoms with E-state index in [2.05, 4.69) is 39.0 Å². The van der Waals surface area contributed by atoms with E-state index in [1.807, 2.05) is 13.0 Å². The van der Waals surface area contributed by atoms with Crippen molar-refractivity contribution in [2.45, 2.75) is 65.9 Å². The van der Waals surface area contributed by atoms with Crippen molar-refractivity contribution in [2.75, 3.05) is 7.11 Å². The predicted molar refractivity (Wildman–Crippen MR) is 110 cm³/mol. The molecule has 144 valence electrons. The van der Waals surface area contributed by atoms with Gasteiger partial charge < -0.3 is 9.47 Å². The van der Waals surface area contributed by atoms with Crippen LogP contribution in [0.2, 0.25) is 0 Å². The number of aryl methyl sites for hydroxylation is 2. The molecule has 2 aromatic rings. The average molecular weight is 367 g/mol. The Morgan fingerprint density at radius 2 is 1.89 bits per heavy atom.